The maximum absolute atomic E-state index is 12.2. The minimum absolute atomic E-state index is 0.0887. The summed E-state index contributed by atoms with van der Waals surface area (Å²) in [6, 6.07) is 21.0. The Hall–Kier alpha value is -4.00. The largest absolute Gasteiger partial charge is 0.452 e. The van der Waals surface area contributed by atoms with Gasteiger partial charge in [0, 0.05) is 6.07 Å². The number of nitro groups is 1. The van der Waals surface area contributed by atoms with Crippen molar-refractivity contribution < 1.29 is 19.2 Å². The molecule has 29 heavy (non-hydrogen) atoms. The average molecular weight is 390 g/mol. The molecule has 0 heterocycles. The fraction of sp³-hybridized carbons (Fsp3) is 0.0909. The Morgan fingerprint density at radius 1 is 0.931 bits per heavy atom. The van der Waals surface area contributed by atoms with E-state index in [0.29, 0.717) is 11.1 Å². The lowest BCUT2D eigenvalue weighted by Gasteiger charge is -2.09. The first kappa shape index (κ1) is 19.8. The zero-order valence-electron chi connectivity index (χ0n) is 15.6. The van der Waals surface area contributed by atoms with Crippen LogP contribution in [0.3, 0.4) is 0 Å². The minimum atomic E-state index is -0.656. The molecule has 0 atom stereocenters. The van der Waals surface area contributed by atoms with E-state index in [9.17, 15) is 19.7 Å². The Morgan fingerprint density at radius 2 is 1.59 bits per heavy atom. The molecule has 0 saturated heterocycles. The molecule has 0 bridgehead atoms. The maximum atomic E-state index is 12.2. The summed E-state index contributed by atoms with van der Waals surface area (Å²) in [5, 5.41) is 13.5. The number of aryl methyl sites for hydroxylation is 1. The average Bonchev–Trinajstić information content (AvgIpc) is 2.74. The molecule has 0 aliphatic rings. The van der Waals surface area contributed by atoms with Gasteiger partial charge in [-0.05, 0) is 35.7 Å². The van der Waals surface area contributed by atoms with Crippen LogP contribution in [0.2, 0.25) is 0 Å². The molecule has 0 fully saturated rings. The first-order valence-electron chi connectivity index (χ1n) is 8.82. The molecule has 0 aromatic heterocycles. The molecule has 0 radical (unpaired) electrons. The number of nitro benzene ring substituents is 1. The fourth-order valence-corrected chi connectivity index (χ4v) is 2.79. The third kappa shape index (κ3) is 4.84. The Balaban J connectivity index is 1.61. The van der Waals surface area contributed by atoms with Gasteiger partial charge in [0.1, 0.15) is 5.69 Å². The number of hydrogen-bond donors (Lipinski definition) is 1. The van der Waals surface area contributed by atoms with Gasteiger partial charge in [0.15, 0.2) is 6.61 Å². The summed E-state index contributed by atoms with van der Waals surface area (Å²) in [6.45, 7) is 1.09. The fourth-order valence-electron chi connectivity index (χ4n) is 2.79. The molecule has 1 amide bonds. The van der Waals surface area contributed by atoms with E-state index in [1.807, 2.05) is 30.3 Å². The van der Waals surface area contributed by atoms with Crippen LogP contribution in [-0.2, 0) is 9.53 Å². The highest BCUT2D eigenvalue weighted by Crippen LogP contribution is 2.27. The molecule has 0 unspecified atom stereocenters. The molecule has 0 aliphatic carbocycles. The van der Waals surface area contributed by atoms with E-state index in [1.54, 1.807) is 37.3 Å². The van der Waals surface area contributed by atoms with Crippen molar-refractivity contribution in [1.29, 1.82) is 0 Å². The number of carbonyl (C=O) groups is 2. The molecular weight excluding hydrogens is 372 g/mol. The third-order valence-corrected chi connectivity index (χ3v) is 4.27. The predicted molar refractivity (Wildman–Crippen MR) is 109 cm³/mol. The molecule has 7 heteroatoms. The van der Waals surface area contributed by atoms with E-state index in [0.717, 1.165) is 11.1 Å². The smallest absolute Gasteiger partial charge is 0.338 e. The zero-order chi connectivity index (χ0) is 20.8. The number of anilines is 1. The number of benzene rings is 3. The van der Waals surface area contributed by atoms with Crippen molar-refractivity contribution in [2.45, 2.75) is 6.92 Å². The van der Waals surface area contributed by atoms with Gasteiger partial charge in [-0.25, -0.2) is 4.79 Å². The van der Waals surface area contributed by atoms with Crippen molar-refractivity contribution in [2.75, 3.05) is 11.9 Å². The van der Waals surface area contributed by atoms with E-state index >= 15 is 0 Å². The van der Waals surface area contributed by atoms with Gasteiger partial charge in [0.2, 0.25) is 0 Å². The summed E-state index contributed by atoms with van der Waals surface area (Å²) in [5.74, 6) is -1.31. The zero-order valence-corrected chi connectivity index (χ0v) is 15.6. The molecule has 3 rings (SSSR count). The molecule has 3 aromatic rings. The number of amides is 1. The van der Waals surface area contributed by atoms with Crippen LogP contribution in [0.1, 0.15) is 15.9 Å². The molecule has 146 valence electrons. The molecule has 0 spiro atoms. The molecule has 3 aromatic carbocycles. The number of esters is 1. The Kier molecular flexibility index (Phi) is 5.99. The highest BCUT2D eigenvalue weighted by Gasteiger charge is 2.18. The number of nitrogens with one attached hydrogen (secondary N) is 1. The summed E-state index contributed by atoms with van der Waals surface area (Å²) in [5.41, 5.74) is 2.68. The summed E-state index contributed by atoms with van der Waals surface area (Å²) in [4.78, 5) is 34.8. The van der Waals surface area contributed by atoms with Gasteiger partial charge in [-0.3, -0.25) is 14.9 Å². The number of rotatable bonds is 6. The topological polar surface area (TPSA) is 98.5 Å². The molecule has 7 nitrogen and oxygen atoms in total. The quantitative estimate of drug-likeness (QED) is 0.383. The Labute approximate surface area is 167 Å². The van der Waals surface area contributed by atoms with Crippen LogP contribution in [0, 0.1) is 17.0 Å². The standard InChI is InChI=1S/C22H18N2O5/c1-15-6-5-9-19(24(27)28)21(15)23-20(25)14-29-22(26)18-12-10-17(11-13-18)16-7-3-2-4-8-16/h2-13H,14H2,1H3,(H,23,25). The maximum Gasteiger partial charge on any atom is 0.338 e. The second-order valence-electron chi connectivity index (χ2n) is 6.29. The molecule has 0 saturated carbocycles. The summed E-state index contributed by atoms with van der Waals surface area (Å²) >= 11 is 0. The van der Waals surface area contributed by atoms with E-state index in [2.05, 4.69) is 5.32 Å². The first-order valence-corrected chi connectivity index (χ1v) is 8.82. The number of ether oxygens (including phenoxy) is 1. The van der Waals surface area contributed by atoms with Crippen LogP contribution >= 0.6 is 0 Å². The van der Waals surface area contributed by atoms with Crippen molar-refractivity contribution in [3.8, 4) is 11.1 Å². The number of carbonyl (C=O) groups excluding carboxylic acids is 2. The van der Waals surface area contributed by atoms with Gasteiger partial charge in [0.25, 0.3) is 11.6 Å². The highest BCUT2D eigenvalue weighted by atomic mass is 16.6. The van der Waals surface area contributed by atoms with E-state index in [1.165, 1.54) is 12.1 Å². The van der Waals surface area contributed by atoms with Crippen molar-refractivity contribution in [3.05, 3.63) is 94.0 Å². The number of nitrogens with zero attached hydrogens (tertiary/aromatic N) is 1. The van der Waals surface area contributed by atoms with Crippen LogP contribution in [0.15, 0.2) is 72.8 Å². The van der Waals surface area contributed by atoms with Crippen LogP contribution in [0.4, 0.5) is 11.4 Å². The molecule has 1 N–H and O–H groups in total. The van der Waals surface area contributed by atoms with Gasteiger partial charge in [-0.2, -0.15) is 0 Å². The second kappa shape index (κ2) is 8.79. The van der Waals surface area contributed by atoms with Crippen molar-refractivity contribution >= 4 is 23.3 Å². The van der Waals surface area contributed by atoms with Gasteiger partial charge in [0.05, 0.1) is 10.5 Å². The monoisotopic (exact) mass is 390 g/mol. The van der Waals surface area contributed by atoms with Crippen LogP contribution < -0.4 is 5.32 Å². The molecular formula is C22H18N2O5. The summed E-state index contributed by atoms with van der Waals surface area (Å²) in [7, 11) is 0. The highest BCUT2D eigenvalue weighted by molar-refractivity contribution is 5.97. The Bertz CT molecular complexity index is 1050. The first-order chi connectivity index (χ1) is 14.0. The lowest BCUT2D eigenvalue weighted by atomic mass is 10.0. The van der Waals surface area contributed by atoms with Crippen LogP contribution in [0.5, 0.6) is 0 Å². The lowest BCUT2D eigenvalue weighted by molar-refractivity contribution is -0.384. The van der Waals surface area contributed by atoms with Gasteiger partial charge in [-0.15, -0.1) is 0 Å². The molecule has 0 aliphatic heterocycles. The SMILES string of the molecule is Cc1cccc([N+](=O)[O-])c1NC(=O)COC(=O)c1ccc(-c2ccccc2)cc1. The lowest BCUT2D eigenvalue weighted by Crippen LogP contribution is -2.22. The van der Waals surface area contributed by atoms with Gasteiger partial charge in [-0.1, -0.05) is 54.6 Å². The predicted octanol–water partition coefficient (Wildman–Crippen LogP) is 4.37. The van der Waals surface area contributed by atoms with E-state index in [4.69, 9.17) is 4.74 Å². The number of para-hydroxylation sites is 1. The summed E-state index contributed by atoms with van der Waals surface area (Å²) < 4.78 is 5.03. The van der Waals surface area contributed by atoms with Crippen molar-refractivity contribution in [3.63, 3.8) is 0 Å². The second-order valence-corrected chi connectivity index (χ2v) is 6.29. The normalized spacial score (nSPS) is 10.2. The third-order valence-electron chi connectivity index (χ3n) is 4.27. The van der Waals surface area contributed by atoms with Gasteiger partial charge >= 0.3 is 5.97 Å². The Morgan fingerprint density at radius 3 is 2.24 bits per heavy atom. The summed E-state index contributed by atoms with van der Waals surface area (Å²) in [6.07, 6.45) is 0. The van der Waals surface area contributed by atoms with Crippen LogP contribution in [0.25, 0.3) is 11.1 Å². The van der Waals surface area contributed by atoms with Crippen molar-refractivity contribution in [1.82, 2.24) is 0 Å². The number of hydrogen-bond acceptors (Lipinski definition) is 5. The van der Waals surface area contributed by atoms with Crippen LogP contribution in [-0.4, -0.2) is 23.4 Å². The minimum Gasteiger partial charge on any atom is -0.452 e. The van der Waals surface area contributed by atoms with Gasteiger partial charge < -0.3 is 10.1 Å². The van der Waals surface area contributed by atoms with E-state index in [-0.39, 0.29) is 11.4 Å². The van der Waals surface area contributed by atoms with E-state index < -0.39 is 23.4 Å². The van der Waals surface area contributed by atoms with Crippen molar-refractivity contribution in [2.24, 2.45) is 0 Å².